The maximum absolute atomic E-state index is 11.3. The quantitative estimate of drug-likeness (QED) is 0.735. The van der Waals surface area contributed by atoms with Gasteiger partial charge in [0.2, 0.25) is 0 Å². The Labute approximate surface area is 77.4 Å². The summed E-state index contributed by atoms with van der Waals surface area (Å²) in [6.07, 6.45) is 3.00. The van der Waals surface area contributed by atoms with Gasteiger partial charge >= 0.3 is 0 Å². The van der Waals surface area contributed by atoms with E-state index < -0.39 is 0 Å². The predicted molar refractivity (Wildman–Crippen MR) is 49.5 cm³/mol. The highest BCUT2D eigenvalue weighted by Gasteiger charge is 2.13. The molecule has 0 aliphatic rings. The second-order valence-electron chi connectivity index (χ2n) is 3.06. The van der Waals surface area contributed by atoms with Crippen LogP contribution in [0.25, 0.3) is 0 Å². The van der Waals surface area contributed by atoms with Gasteiger partial charge in [0.05, 0.1) is 11.3 Å². The van der Waals surface area contributed by atoms with Crippen LogP contribution in [0.3, 0.4) is 0 Å². The molecule has 0 atom stereocenters. The first-order valence-electron chi connectivity index (χ1n) is 4.18. The van der Waals surface area contributed by atoms with Crippen molar-refractivity contribution in [3.05, 3.63) is 23.8 Å². The Morgan fingerprint density at radius 2 is 2.23 bits per heavy atom. The highest BCUT2D eigenvalue weighted by atomic mass is 16.1. The number of rotatable bonds is 2. The van der Waals surface area contributed by atoms with Gasteiger partial charge < -0.3 is 5.32 Å². The molecule has 0 fully saturated rings. The van der Waals surface area contributed by atoms with Crippen molar-refractivity contribution in [1.29, 1.82) is 0 Å². The van der Waals surface area contributed by atoms with Crippen LogP contribution in [-0.2, 0) is 0 Å². The minimum absolute atomic E-state index is 0.135. The van der Waals surface area contributed by atoms with Crippen LogP contribution in [0.15, 0.2) is 12.5 Å². The van der Waals surface area contributed by atoms with E-state index in [4.69, 9.17) is 0 Å². The van der Waals surface area contributed by atoms with Gasteiger partial charge in [-0.3, -0.25) is 4.79 Å². The monoisotopic (exact) mass is 179 g/mol. The fraction of sp³-hybridized carbons (Fsp3) is 0.444. The van der Waals surface area contributed by atoms with Crippen molar-refractivity contribution in [2.24, 2.45) is 0 Å². The predicted octanol–water partition coefficient (Wildman–Crippen LogP) is 0.960. The summed E-state index contributed by atoms with van der Waals surface area (Å²) in [5, 5.41) is 2.56. The Bertz CT molecular complexity index is 309. The molecule has 4 nitrogen and oxygen atoms in total. The Hall–Kier alpha value is -1.45. The number of nitrogens with zero attached hydrogens (tertiary/aromatic N) is 2. The van der Waals surface area contributed by atoms with Crippen LogP contribution in [0.4, 0.5) is 0 Å². The SMILES string of the molecule is CNC(=O)c1cncnc1C(C)C. The summed E-state index contributed by atoms with van der Waals surface area (Å²) >= 11 is 0. The Kier molecular flexibility index (Phi) is 2.95. The third kappa shape index (κ3) is 2.02. The second-order valence-corrected chi connectivity index (χ2v) is 3.06. The Morgan fingerprint density at radius 3 is 2.77 bits per heavy atom. The zero-order chi connectivity index (χ0) is 9.84. The van der Waals surface area contributed by atoms with E-state index in [0.29, 0.717) is 5.56 Å². The number of hydrogen-bond donors (Lipinski definition) is 1. The lowest BCUT2D eigenvalue weighted by molar-refractivity contribution is 0.0961. The van der Waals surface area contributed by atoms with Gasteiger partial charge in [0, 0.05) is 13.2 Å². The van der Waals surface area contributed by atoms with Crippen molar-refractivity contribution >= 4 is 5.91 Å². The lowest BCUT2D eigenvalue weighted by Crippen LogP contribution is -2.20. The summed E-state index contributed by atoms with van der Waals surface area (Å²) in [5.41, 5.74) is 1.34. The molecular formula is C9H13N3O. The summed E-state index contributed by atoms with van der Waals surface area (Å²) in [7, 11) is 1.60. The van der Waals surface area contributed by atoms with E-state index in [1.165, 1.54) is 6.33 Å². The highest BCUT2D eigenvalue weighted by Crippen LogP contribution is 2.14. The first-order valence-corrected chi connectivity index (χ1v) is 4.18. The van der Waals surface area contributed by atoms with Crippen molar-refractivity contribution in [3.8, 4) is 0 Å². The molecular weight excluding hydrogens is 166 g/mol. The highest BCUT2D eigenvalue weighted by molar-refractivity contribution is 5.94. The van der Waals surface area contributed by atoms with Crippen LogP contribution in [0.1, 0.15) is 35.8 Å². The molecule has 0 aliphatic carbocycles. The van der Waals surface area contributed by atoms with Crippen LogP contribution in [0, 0.1) is 0 Å². The maximum Gasteiger partial charge on any atom is 0.254 e. The smallest absolute Gasteiger partial charge is 0.254 e. The second kappa shape index (κ2) is 3.98. The standard InChI is InChI=1S/C9H13N3O/c1-6(2)8-7(9(13)10-3)4-11-5-12-8/h4-6H,1-3H3,(H,10,13). The number of carbonyl (C=O) groups is 1. The molecule has 0 unspecified atom stereocenters. The van der Waals surface area contributed by atoms with Crippen molar-refractivity contribution in [2.75, 3.05) is 7.05 Å². The lowest BCUT2D eigenvalue weighted by atomic mass is 10.1. The number of carbonyl (C=O) groups excluding carboxylic acids is 1. The summed E-state index contributed by atoms with van der Waals surface area (Å²) in [5.74, 6) is 0.0969. The van der Waals surface area contributed by atoms with Gasteiger partial charge in [-0.05, 0) is 5.92 Å². The summed E-state index contributed by atoms with van der Waals surface area (Å²) in [4.78, 5) is 19.2. The maximum atomic E-state index is 11.3. The zero-order valence-electron chi connectivity index (χ0n) is 8.03. The zero-order valence-corrected chi connectivity index (χ0v) is 8.03. The molecule has 0 saturated heterocycles. The Morgan fingerprint density at radius 1 is 1.54 bits per heavy atom. The van der Waals surface area contributed by atoms with E-state index in [2.05, 4.69) is 15.3 Å². The summed E-state index contributed by atoms with van der Waals surface area (Å²) in [6, 6.07) is 0. The van der Waals surface area contributed by atoms with E-state index in [9.17, 15) is 4.79 Å². The van der Waals surface area contributed by atoms with E-state index >= 15 is 0 Å². The molecule has 1 aromatic rings. The molecule has 0 aliphatic heterocycles. The molecule has 70 valence electrons. The molecule has 1 aromatic heterocycles. The van der Waals surface area contributed by atoms with Gasteiger partial charge in [-0.2, -0.15) is 0 Å². The molecule has 0 bridgehead atoms. The minimum Gasteiger partial charge on any atom is -0.355 e. The fourth-order valence-corrected chi connectivity index (χ4v) is 1.11. The largest absolute Gasteiger partial charge is 0.355 e. The molecule has 0 aromatic carbocycles. The van der Waals surface area contributed by atoms with Gasteiger partial charge in [0.25, 0.3) is 5.91 Å². The first-order chi connectivity index (χ1) is 6.16. The minimum atomic E-state index is -0.135. The molecule has 0 saturated carbocycles. The normalized spacial score (nSPS) is 10.2. The van der Waals surface area contributed by atoms with Crippen molar-refractivity contribution in [2.45, 2.75) is 19.8 Å². The van der Waals surface area contributed by atoms with Crippen molar-refractivity contribution in [3.63, 3.8) is 0 Å². The average Bonchev–Trinajstić information content (AvgIpc) is 2.16. The van der Waals surface area contributed by atoms with Gasteiger partial charge in [0.1, 0.15) is 6.33 Å². The van der Waals surface area contributed by atoms with Crippen LogP contribution < -0.4 is 5.32 Å². The molecule has 1 heterocycles. The topological polar surface area (TPSA) is 54.9 Å². The molecule has 1 N–H and O–H groups in total. The molecule has 0 radical (unpaired) electrons. The van der Waals surface area contributed by atoms with Crippen LogP contribution in [0.2, 0.25) is 0 Å². The number of amides is 1. The Balaban J connectivity index is 3.12. The summed E-state index contributed by atoms with van der Waals surface area (Å²) in [6.45, 7) is 3.99. The average molecular weight is 179 g/mol. The summed E-state index contributed by atoms with van der Waals surface area (Å²) < 4.78 is 0. The molecule has 4 heteroatoms. The molecule has 0 spiro atoms. The van der Waals surface area contributed by atoms with Crippen LogP contribution in [-0.4, -0.2) is 22.9 Å². The van der Waals surface area contributed by atoms with E-state index in [0.717, 1.165) is 5.69 Å². The fourth-order valence-electron chi connectivity index (χ4n) is 1.11. The van der Waals surface area contributed by atoms with Crippen molar-refractivity contribution < 1.29 is 4.79 Å². The molecule has 13 heavy (non-hydrogen) atoms. The number of aromatic nitrogens is 2. The molecule has 1 rings (SSSR count). The van der Waals surface area contributed by atoms with Crippen LogP contribution in [0.5, 0.6) is 0 Å². The first kappa shape index (κ1) is 9.64. The van der Waals surface area contributed by atoms with E-state index in [-0.39, 0.29) is 11.8 Å². The van der Waals surface area contributed by atoms with Gasteiger partial charge in [-0.15, -0.1) is 0 Å². The van der Waals surface area contributed by atoms with Gasteiger partial charge in [-0.25, -0.2) is 9.97 Å². The van der Waals surface area contributed by atoms with Gasteiger partial charge in [-0.1, -0.05) is 13.8 Å². The van der Waals surface area contributed by atoms with Gasteiger partial charge in [0.15, 0.2) is 0 Å². The third-order valence-corrected chi connectivity index (χ3v) is 1.76. The van der Waals surface area contributed by atoms with E-state index in [1.807, 2.05) is 13.8 Å². The van der Waals surface area contributed by atoms with E-state index in [1.54, 1.807) is 13.2 Å². The number of hydrogen-bond acceptors (Lipinski definition) is 3. The molecule has 1 amide bonds. The van der Waals surface area contributed by atoms with Crippen LogP contribution >= 0.6 is 0 Å². The third-order valence-electron chi connectivity index (χ3n) is 1.76. The van der Waals surface area contributed by atoms with Crippen molar-refractivity contribution in [1.82, 2.24) is 15.3 Å². The number of nitrogens with one attached hydrogen (secondary N) is 1. The lowest BCUT2D eigenvalue weighted by Gasteiger charge is -2.08.